The maximum absolute atomic E-state index is 13.0. The number of rotatable bonds is 9. The fraction of sp³-hybridized carbons (Fsp3) is 0.333. The van der Waals surface area contributed by atoms with E-state index >= 15 is 0 Å². The van der Waals surface area contributed by atoms with Crippen LogP contribution in [0.1, 0.15) is 24.1 Å². The smallest absolute Gasteiger partial charge is 0.295 e. The number of Topliss-reactive ketones (excluding diaryl/α,β-unsaturated/α-hetero) is 1. The second kappa shape index (κ2) is 10.3. The van der Waals surface area contributed by atoms with Gasteiger partial charge in [-0.2, -0.15) is 0 Å². The molecule has 1 heterocycles. The first-order chi connectivity index (χ1) is 15.4. The molecule has 1 atom stereocenters. The molecule has 2 aromatic carbocycles. The van der Waals surface area contributed by atoms with Gasteiger partial charge in [-0.05, 0) is 48.9 Å². The van der Waals surface area contributed by atoms with Gasteiger partial charge in [0.2, 0.25) is 0 Å². The van der Waals surface area contributed by atoms with Gasteiger partial charge in [0.15, 0.2) is 6.29 Å². The minimum atomic E-state index is -0.819. The number of carbonyl (C=O) groups is 2. The second-order valence-electron chi connectivity index (χ2n) is 7.08. The third kappa shape index (κ3) is 4.61. The van der Waals surface area contributed by atoms with Gasteiger partial charge in [-0.3, -0.25) is 9.59 Å². The van der Waals surface area contributed by atoms with Gasteiger partial charge in [0.05, 0.1) is 31.9 Å². The van der Waals surface area contributed by atoms with E-state index in [1.54, 1.807) is 48.5 Å². The van der Waals surface area contributed by atoms with E-state index in [0.29, 0.717) is 29.2 Å². The van der Waals surface area contributed by atoms with Crippen LogP contribution in [0.2, 0.25) is 0 Å². The molecule has 0 saturated carbocycles. The molecular weight excluding hydrogens is 414 g/mol. The Balaban J connectivity index is 2.11. The zero-order chi connectivity index (χ0) is 23.3. The molecule has 170 valence electrons. The fourth-order valence-electron chi connectivity index (χ4n) is 3.64. The lowest BCUT2D eigenvalue weighted by Gasteiger charge is -2.28. The number of hydrogen-bond donors (Lipinski definition) is 1. The van der Waals surface area contributed by atoms with Crippen molar-refractivity contribution >= 4 is 17.4 Å². The molecule has 0 bridgehead atoms. The largest absolute Gasteiger partial charge is 0.507 e. The van der Waals surface area contributed by atoms with Crippen molar-refractivity contribution in [1.82, 2.24) is 4.90 Å². The molecule has 1 fully saturated rings. The summed E-state index contributed by atoms with van der Waals surface area (Å²) in [5.41, 5.74) is 1.04. The summed E-state index contributed by atoms with van der Waals surface area (Å²) in [6.07, 6.45) is -0.737. The Morgan fingerprint density at radius 3 is 2.09 bits per heavy atom. The van der Waals surface area contributed by atoms with Crippen molar-refractivity contribution in [2.24, 2.45) is 0 Å². The Bertz CT molecular complexity index is 978. The standard InChI is InChI=1S/C24H27NO7/c1-5-32-18-12-6-15(7-13-18)21-20(22(26)16-8-10-17(29-2)11-9-16)23(27)24(28)25(21)14-19(30-3)31-4/h6-13,19,21,26H,5,14H2,1-4H3. The van der Waals surface area contributed by atoms with E-state index < -0.39 is 24.0 Å². The summed E-state index contributed by atoms with van der Waals surface area (Å²) in [7, 11) is 4.44. The molecule has 1 saturated heterocycles. The van der Waals surface area contributed by atoms with Gasteiger partial charge in [-0.15, -0.1) is 0 Å². The number of likely N-dealkylation sites (tertiary alicyclic amines) is 1. The van der Waals surface area contributed by atoms with E-state index in [4.69, 9.17) is 18.9 Å². The molecule has 0 spiro atoms. The van der Waals surface area contributed by atoms with Crippen LogP contribution in [0.25, 0.3) is 5.76 Å². The summed E-state index contributed by atoms with van der Waals surface area (Å²) in [4.78, 5) is 27.3. The van der Waals surface area contributed by atoms with Crippen LogP contribution in [0.5, 0.6) is 11.5 Å². The van der Waals surface area contributed by atoms with Gasteiger partial charge in [-0.25, -0.2) is 0 Å². The molecule has 2 aromatic rings. The first-order valence-corrected chi connectivity index (χ1v) is 10.2. The van der Waals surface area contributed by atoms with Gasteiger partial charge in [-0.1, -0.05) is 12.1 Å². The highest BCUT2D eigenvalue weighted by Crippen LogP contribution is 2.40. The number of carbonyl (C=O) groups excluding carboxylic acids is 2. The van der Waals surface area contributed by atoms with Crippen LogP contribution < -0.4 is 9.47 Å². The van der Waals surface area contributed by atoms with Gasteiger partial charge in [0.1, 0.15) is 17.3 Å². The predicted molar refractivity (Wildman–Crippen MR) is 117 cm³/mol. The molecule has 1 aliphatic rings. The Hall–Kier alpha value is -3.36. The lowest BCUT2D eigenvalue weighted by atomic mass is 9.95. The first kappa shape index (κ1) is 23.3. The molecule has 8 heteroatoms. The highest BCUT2D eigenvalue weighted by Gasteiger charge is 2.46. The van der Waals surface area contributed by atoms with Crippen molar-refractivity contribution in [3.8, 4) is 11.5 Å². The quantitative estimate of drug-likeness (QED) is 0.276. The number of amides is 1. The summed E-state index contributed by atoms with van der Waals surface area (Å²) >= 11 is 0. The van der Waals surface area contributed by atoms with E-state index in [1.807, 2.05) is 6.92 Å². The molecule has 8 nitrogen and oxygen atoms in total. The number of benzene rings is 2. The lowest BCUT2D eigenvalue weighted by molar-refractivity contribution is -0.149. The number of ether oxygens (including phenoxy) is 4. The highest BCUT2D eigenvalue weighted by atomic mass is 16.7. The van der Waals surface area contributed by atoms with Crippen LogP contribution in [0.4, 0.5) is 0 Å². The lowest BCUT2D eigenvalue weighted by Crippen LogP contribution is -2.38. The number of nitrogens with zero attached hydrogens (tertiary/aromatic N) is 1. The van der Waals surface area contributed by atoms with Crippen molar-refractivity contribution in [2.45, 2.75) is 19.3 Å². The van der Waals surface area contributed by atoms with Crippen LogP contribution >= 0.6 is 0 Å². The van der Waals surface area contributed by atoms with Crippen molar-refractivity contribution in [2.75, 3.05) is 34.5 Å². The number of hydrogen-bond acceptors (Lipinski definition) is 7. The maximum Gasteiger partial charge on any atom is 0.295 e. The van der Waals surface area contributed by atoms with Crippen LogP contribution in [0.3, 0.4) is 0 Å². The molecule has 1 aliphatic heterocycles. The Labute approximate surface area is 187 Å². The summed E-state index contributed by atoms with van der Waals surface area (Å²) in [6.45, 7) is 2.40. The van der Waals surface area contributed by atoms with Gasteiger partial charge < -0.3 is 29.0 Å². The number of aliphatic hydroxyl groups excluding tert-OH is 1. The minimum Gasteiger partial charge on any atom is -0.507 e. The molecule has 32 heavy (non-hydrogen) atoms. The van der Waals surface area contributed by atoms with E-state index in [1.165, 1.54) is 26.2 Å². The molecule has 1 unspecified atom stereocenters. The number of methoxy groups -OCH3 is 3. The normalized spacial score (nSPS) is 17.8. The maximum atomic E-state index is 13.0. The minimum absolute atomic E-state index is 0.00437. The Kier molecular flexibility index (Phi) is 7.50. The zero-order valence-electron chi connectivity index (χ0n) is 18.5. The molecular formula is C24H27NO7. The molecule has 3 rings (SSSR count). The summed E-state index contributed by atoms with van der Waals surface area (Å²) in [5.74, 6) is -0.511. The van der Waals surface area contributed by atoms with Gasteiger partial charge in [0, 0.05) is 19.8 Å². The average molecular weight is 441 g/mol. The third-order valence-corrected chi connectivity index (χ3v) is 5.28. The summed E-state index contributed by atoms with van der Waals surface area (Å²) in [6, 6.07) is 12.8. The van der Waals surface area contributed by atoms with Crippen LogP contribution in [-0.2, 0) is 19.1 Å². The predicted octanol–water partition coefficient (Wildman–Crippen LogP) is 3.13. The van der Waals surface area contributed by atoms with Crippen molar-refractivity contribution in [3.05, 3.63) is 65.2 Å². The number of ketones is 1. The highest BCUT2D eigenvalue weighted by molar-refractivity contribution is 6.46. The topological polar surface area (TPSA) is 94.5 Å². The van der Waals surface area contributed by atoms with Crippen LogP contribution in [0, 0.1) is 0 Å². The Morgan fingerprint density at radius 1 is 0.969 bits per heavy atom. The van der Waals surface area contributed by atoms with E-state index in [0.717, 1.165) is 0 Å². The first-order valence-electron chi connectivity index (χ1n) is 10.2. The summed E-state index contributed by atoms with van der Waals surface area (Å²) in [5, 5.41) is 11.1. The molecule has 1 amide bonds. The molecule has 0 radical (unpaired) electrons. The SMILES string of the molecule is CCOc1ccc(C2C(=C(O)c3ccc(OC)cc3)C(=O)C(=O)N2CC(OC)OC)cc1. The van der Waals surface area contributed by atoms with E-state index in [2.05, 4.69) is 0 Å². The average Bonchev–Trinajstić information content (AvgIpc) is 3.07. The summed E-state index contributed by atoms with van der Waals surface area (Å²) < 4.78 is 21.1. The van der Waals surface area contributed by atoms with Gasteiger partial charge in [0.25, 0.3) is 11.7 Å². The molecule has 0 aliphatic carbocycles. The molecule has 1 N–H and O–H groups in total. The van der Waals surface area contributed by atoms with Crippen molar-refractivity contribution < 1.29 is 33.6 Å². The second-order valence-corrected chi connectivity index (χ2v) is 7.08. The number of aliphatic hydroxyl groups is 1. The van der Waals surface area contributed by atoms with E-state index in [9.17, 15) is 14.7 Å². The van der Waals surface area contributed by atoms with Crippen LogP contribution in [0.15, 0.2) is 54.1 Å². The van der Waals surface area contributed by atoms with Crippen molar-refractivity contribution in [1.29, 1.82) is 0 Å². The zero-order valence-corrected chi connectivity index (χ0v) is 18.5. The van der Waals surface area contributed by atoms with E-state index in [-0.39, 0.29) is 17.9 Å². The van der Waals surface area contributed by atoms with Crippen molar-refractivity contribution in [3.63, 3.8) is 0 Å². The fourth-order valence-corrected chi connectivity index (χ4v) is 3.64. The van der Waals surface area contributed by atoms with Gasteiger partial charge >= 0.3 is 0 Å². The molecule has 0 aromatic heterocycles. The Morgan fingerprint density at radius 2 is 1.56 bits per heavy atom. The monoisotopic (exact) mass is 441 g/mol. The van der Waals surface area contributed by atoms with Crippen LogP contribution in [-0.4, -0.2) is 62.5 Å². The third-order valence-electron chi connectivity index (χ3n) is 5.28.